The lowest BCUT2D eigenvalue weighted by Gasteiger charge is -2.19. The predicted molar refractivity (Wildman–Crippen MR) is 74.1 cm³/mol. The lowest BCUT2D eigenvalue weighted by molar-refractivity contribution is 0.450. The van der Waals surface area contributed by atoms with Gasteiger partial charge in [0, 0.05) is 25.1 Å². The Morgan fingerprint density at radius 3 is 2.58 bits per heavy atom. The summed E-state index contributed by atoms with van der Waals surface area (Å²) in [5.74, 6) is 1.23. The molecule has 2 rings (SSSR count). The molecular formula is C14H20N4O. The van der Waals surface area contributed by atoms with E-state index in [1.54, 1.807) is 17.1 Å². The lowest BCUT2D eigenvalue weighted by Crippen LogP contribution is -2.15. The van der Waals surface area contributed by atoms with Gasteiger partial charge in [-0.25, -0.2) is 4.98 Å². The van der Waals surface area contributed by atoms with Crippen molar-refractivity contribution in [3.05, 3.63) is 35.8 Å². The zero-order valence-corrected chi connectivity index (χ0v) is 11.8. The predicted octanol–water partition coefficient (Wildman–Crippen LogP) is 2.36. The van der Waals surface area contributed by atoms with E-state index in [1.807, 2.05) is 19.2 Å². The molecule has 0 aromatic carbocycles. The van der Waals surface area contributed by atoms with Gasteiger partial charge < -0.3 is 10.5 Å². The molecule has 0 aliphatic rings. The van der Waals surface area contributed by atoms with Crippen LogP contribution in [-0.2, 0) is 19.0 Å². The topological polar surface area (TPSA) is 66.0 Å². The molecule has 2 aromatic rings. The van der Waals surface area contributed by atoms with Crippen LogP contribution in [0.2, 0.25) is 0 Å². The van der Waals surface area contributed by atoms with Crippen LogP contribution in [-0.4, -0.2) is 14.8 Å². The Morgan fingerprint density at radius 2 is 2.05 bits per heavy atom. The number of hydrogen-bond donors (Lipinski definition) is 1. The fraction of sp³-hybridized carbons (Fsp3) is 0.429. The molecule has 0 saturated heterocycles. The number of aryl methyl sites for hydroxylation is 1. The Bertz CT molecular complexity index is 569. The minimum Gasteiger partial charge on any atom is -0.436 e. The van der Waals surface area contributed by atoms with E-state index in [2.05, 4.69) is 30.9 Å². The summed E-state index contributed by atoms with van der Waals surface area (Å²) in [4.78, 5) is 4.54. The maximum atomic E-state index is 5.73. The molecule has 2 heterocycles. The third-order valence-corrected chi connectivity index (χ3v) is 2.77. The Balaban J connectivity index is 2.34. The van der Waals surface area contributed by atoms with Crippen molar-refractivity contribution < 1.29 is 4.74 Å². The van der Waals surface area contributed by atoms with Crippen LogP contribution in [0.15, 0.2) is 24.5 Å². The smallest absolute Gasteiger partial charge is 0.219 e. The van der Waals surface area contributed by atoms with Crippen molar-refractivity contribution in [2.45, 2.75) is 32.7 Å². The highest BCUT2D eigenvalue weighted by atomic mass is 16.5. The Kier molecular flexibility index (Phi) is 3.57. The monoisotopic (exact) mass is 260 g/mol. The third-order valence-electron chi connectivity index (χ3n) is 2.77. The quantitative estimate of drug-likeness (QED) is 0.920. The molecule has 0 atom stereocenters. The summed E-state index contributed by atoms with van der Waals surface area (Å²) < 4.78 is 7.41. The van der Waals surface area contributed by atoms with Crippen molar-refractivity contribution in [3.8, 4) is 11.6 Å². The van der Waals surface area contributed by atoms with Crippen LogP contribution in [0, 0.1) is 0 Å². The minimum atomic E-state index is -0.0434. The molecule has 0 saturated carbocycles. The molecule has 0 aliphatic carbocycles. The zero-order valence-electron chi connectivity index (χ0n) is 11.8. The molecule has 102 valence electrons. The lowest BCUT2D eigenvalue weighted by atomic mass is 9.91. The molecule has 5 heteroatoms. The number of nitrogens with zero attached hydrogens (tertiary/aromatic N) is 3. The Labute approximate surface area is 113 Å². The summed E-state index contributed by atoms with van der Waals surface area (Å²) in [6.07, 6.45) is 3.46. The second-order valence-electron chi connectivity index (χ2n) is 5.60. The van der Waals surface area contributed by atoms with Crippen molar-refractivity contribution in [1.82, 2.24) is 14.8 Å². The van der Waals surface area contributed by atoms with E-state index in [0.717, 1.165) is 11.3 Å². The standard InChI is InChI=1S/C14H20N4O/c1-14(2,3)12-5-10(7-15)6-13(17-12)19-11-8-16-18(4)9-11/h5-6,8-9H,7,15H2,1-4H3. The number of hydrogen-bond acceptors (Lipinski definition) is 4. The zero-order chi connectivity index (χ0) is 14.0. The first-order chi connectivity index (χ1) is 8.88. The summed E-state index contributed by atoms with van der Waals surface area (Å²) in [5.41, 5.74) is 7.66. The van der Waals surface area contributed by atoms with Crippen molar-refractivity contribution in [1.29, 1.82) is 0 Å². The third kappa shape index (κ3) is 3.32. The molecule has 0 bridgehead atoms. The molecule has 0 aliphatic heterocycles. The number of aromatic nitrogens is 3. The molecular weight excluding hydrogens is 240 g/mol. The van der Waals surface area contributed by atoms with Crippen LogP contribution >= 0.6 is 0 Å². The van der Waals surface area contributed by atoms with Gasteiger partial charge in [0.2, 0.25) is 5.88 Å². The highest BCUT2D eigenvalue weighted by Gasteiger charge is 2.17. The first-order valence-electron chi connectivity index (χ1n) is 6.26. The summed E-state index contributed by atoms with van der Waals surface area (Å²) in [5, 5.41) is 4.07. The fourth-order valence-corrected chi connectivity index (χ4v) is 1.69. The van der Waals surface area contributed by atoms with E-state index in [0.29, 0.717) is 18.2 Å². The number of pyridine rings is 1. The van der Waals surface area contributed by atoms with Gasteiger partial charge in [-0.15, -0.1) is 0 Å². The summed E-state index contributed by atoms with van der Waals surface area (Å²) in [6, 6.07) is 3.89. The highest BCUT2D eigenvalue weighted by Crippen LogP contribution is 2.26. The van der Waals surface area contributed by atoms with E-state index in [4.69, 9.17) is 10.5 Å². The van der Waals surface area contributed by atoms with Gasteiger partial charge in [0.15, 0.2) is 5.75 Å². The average Bonchev–Trinajstić information content (AvgIpc) is 2.73. The van der Waals surface area contributed by atoms with Crippen LogP contribution in [0.5, 0.6) is 11.6 Å². The van der Waals surface area contributed by atoms with E-state index < -0.39 is 0 Å². The SMILES string of the molecule is Cn1cc(Oc2cc(CN)cc(C(C)(C)C)n2)cn1. The van der Waals surface area contributed by atoms with Gasteiger partial charge in [-0.1, -0.05) is 20.8 Å². The number of rotatable bonds is 3. The molecule has 0 amide bonds. The van der Waals surface area contributed by atoms with Crippen LogP contribution < -0.4 is 10.5 Å². The maximum Gasteiger partial charge on any atom is 0.219 e. The van der Waals surface area contributed by atoms with Crippen molar-refractivity contribution in [2.75, 3.05) is 0 Å². The van der Waals surface area contributed by atoms with Crippen LogP contribution in [0.1, 0.15) is 32.0 Å². The minimum absolute atomic E-state index is 0.0434. The van der Waals surface area contributed by atoms with Crippen molar-refractivity contribution in [3.63, 3.8) is 0 Å². The van der Waals surface area contributed by atoms with Gasteiger partial charge in [-0.3, -0.25) is 4.68 Å². The van der Waals surface area contributed by atoms with E-state index in [-0.39, 0.29) is 5.41 Å². The molecule has 2 aromatic heterocycles. The Morgan fingerprint density at radius 1 is 1.32 bits per heavy atom. The van der Waals surface area contributed by atoms with Gasteiger partial charge in [0.25, 0.3) is 0 Å². The summed E-state index contributed by atoms with van der Waals surface area (Å²) in [6.45, 7) is 6.81. The number of ether oxygens (including phenoxy) is 1. The van der Waals surface area contributed by atoms with Crippen LogP contribution in [0.25, 0.3) is 0 Å². The van der Waals surface area contributed by atoms with Gasteiger partial charge in [-0.05, 0) is 11.6 Å². The van der Waals surface area contributed by atoms with E-state index in [1.165, 1.54) is 0 Å². The van der Waals surface area contributed by atoms with Crippen LogP contribution in [0.3, 0.4) is 0 Å². The molecule has 2 N–H and O–H groups in total. The molecule has 5 nitrogen and oxygen atoms in total. The normalized spacial score (nSPS) is 11.6. The fourth-order valence-electron chi connectivity index (χ4n) is 1.69. The molecule has 0 radical (unpaired) electrons. The first kappa shape index (κ1) is 13.5. The second kappa shape index (κ2) is 5.01. The number of nitrogens with two attached hydrogens (primary N) is 1. The summed E-state index contributed by atoms with van der Waals surface area (Å²) >= 11 is 0. The van der Waals surface area contributed by atoms with Gasteiger partial charge in [0.1, 0.15) is 0 Å². The van der Waals surface area contributed by atoms with E-state index >= 15 is 0 Å². The molecule has 0 unspecified atom stereocenters. The second-order valence-corrected chi connectivity index (χ2v) is 5.60. The Hall–Kier alpha value is -1.88. The van der Waals surface area contributed by atoms with Gasteiger partial charge >= 0.3 is 0 Å². The molecule has 0 spiro atoms. The average molecular weight is 260 g/mol. The summed E-state index contributed by atoms with van der Waals surface area (Å²) in [7, 11) is 1.84. The van der Waals surface area contributed by atoms with Gasteiger partial charge in [-0.2, -0.15) is 5.10 Å². The highest BCUT2D eigenvalue weighted by molar-refractivity contribution is 5.31. The molecule has 19 heavy (non-hydrogen) atoms. The van der Waals surface area contributed by atoms with Crippen LogP contribution in [0.4, 0.5) is 0 Å². The largest absolute Gasteiger partial charge is 0.436 e. The van der Waals surface area contributed by atoms with E-state index in [9.17, 15) is 0 Å². The van der Waals surface area contributed by atoms with Crippen molar-refractivity contribution in [2.24, 2.45) is 12.8 Å². The van der Waals surface area contributed by atoms with Gasteiger partial charge in [0.05, 0.1) is 18.1 Å². The first-order valence-corrected chi connectivity index (χ1v) is 6.26. The van der Waals surface area contributed by atoms with Crippen molar-refractivity contribution >= 4 is 0 Å². The maximum absolute atomic E-state index is 5.73. The molecule has 0 fully saturated rings.